The predicted octanol–water partition coefficient (Wildman–Crippen LogP) is 4.46. The lowest BCUT2D eigenvalue weighted by Gasteiger charge is -2.09. The Hall–Kier alpha value is -2.83. The Morgan fingerprint density at radius 3 is 2.76 bits per heavy atom. The molecule has 3 aromatic rings. The first-order chi connectivity index (χ1) is 11.8. The van der Waals surface area contributed by atoms with Crippen molar-refractivity contribution in [2.75, 3.05) is 5.32 Å². The minimum Gasteiger partial charge on any atom is -0.342 e. The number of carbonyl (C=O) groups excluding carboxylic acids is 1. The number of amides is 1. The first-order valence-electron chi connectivity index (χ1n) is 7.73. The number of aryl methyl sites for hydroxylation is 2. The summed E-state index contributed by atoms with van der Waals surface area (Å²) in [5, 5.41) is 2.49. The topological polar surface area (TPSA) is 57.8 Å². The average molecular weight is 347 g/mol. The van der Waals surface area contributed by atoms with Crippen LogP contribution in [0, 0.1) is 6.92 Å². The summed E-state index contributed by atoms with van der Waals surface area (Å²) in [6.45, 7) is 1.97. The Morgan fingerprint density at radius 1 is 1.20 bits per heavy atom. The molecular weight excluding hydrogens is 331 g/mol. The molecule has 3 rings (SSSR count). The number of carbonyl (C=O) groups is 1. The molecule has 1 amide bonds. The van der Waals surface area contributed by atoms with Gasteiger partial charge in [0.25, 0.3) is 0 Å². The van der Waals surface area contributed by atoms with Crippen molar-refractivity contribution in [1.29, 1.82) is 0 Å². The average Bonchev–Trinajstić information content (AvgIpc) is 2.94. The molecule has 1 aromatic heterocycles. The van der Waals surface area contributed by atoms with E-state index in [0.29, 0.717) is 12.2 Å². The molecule has 0 unspecified atom stereocenters. The SMILES string of the molecule is Cc1ccc2nc(CCC(=O)Nc3cccc(C(F)(F)F)c3)[nH]c2c1. The molecule has 0 saturated heterocycles. The molecule has 0 radical (unpaired) electrons. The smallest absolute Gasteiger partial charge is 0.342 e. The molecule has 0 aliphatic heterocycles. The van der Waals surface area contributed by atoms with Crippen LogP contribution in [0.5, 0.6) is 0 Å². The minimum absolute atomic E-state index is 0.120. The summed E-state index contributed by atoms with van der Waals surface area (Å²) in [5.74, 6) is 0.302. The first-order valence-corrected chi connectivity index (χ1v) is 7.73. The van der Waals surface area contributed by atoms with Crippen LogP contribution in [0.1, 0.15) is 23.4 Å². The maximum Gasteiger partial charge on any atom is 0.416 e. The van der Waals surface area contributed by atoms with Crippen LogP contribution >= 0.6 is 0 Å². The van der Waals surface area contributed by atoms with Crippen molar-refractivity contribution < 1.29 is 18.0 Å². The van der Waals surface area contributed by atoms with Gasteiger partial charge in [0.2, 0.25) is 5.91 Å². The van der Waals surface area contributed by atoms with E-state index in [9.17, 15) is 18.0 Å². The molecule has 2 aromatic carbocycles. The fraction of sp³-hybridized carbons (Fsp3) is 0.222. The van der Waals surface area contributed by atoms with Crippen molar-refractivity contribution >= 4 is 22.6 Å². The van der Waals surface area contributed by atoms with Crippen molar-refractivity contribution in [3.05, 3.63) is 59.4 Å². The zero-order chi connectivity index (χ0) is 18.0. The lowest BCUT2D eigenvalue weighted by molar-refractivity contribution is -0.137. The second kappa shape index (κ2) is 6.58. The Morgan fingerprint density at radius 2 is 2.00 bits per heavy atom. The van der Waals surface area contributed by atoms with Gasteiger partial charge in [0, 0.05) is 18.5 Å². The van der Waals surface area contributed by atoms with Crippen LogP contribution in [-0.4, -0.2) is 15.9 Å². The number of hydrogen-bond acceptors (Lipinski definition) is 2. The zero-order valence-corrected chi connectivity index (χ0v) is 13.4. The highest BCUT2D eigenvalue weighted by atomic mass is 19.4. The number of imidazole rings is 1. The molecule has 0 fully saturated rings. The largest absolute Gasteiger partial charge is 0.416 e. The van der Waals surface area contributed by atoms with Gasteiger partial charge in [-0.25, -0.2) is 4.98 Å². The minimum atomic E-state index is -4.44. The summed E-state index contributed by atoms with van der Waals surface area (Å²) in [6.07, 6.45) is -3.94. The highest BCUT2D eigenvalue weighted by Gasteiger charge is 2.30. The number of alkyl halides is 3. The number of hydrogen-bond donors (Lipinski definition) is 2. The predicted molar refractivity (Wildman–Crippen MR) is 89.2 cm³/mol. The lowest BCUT2D eigenvalue weighted by Crippen LogP contribution is -2.13. The monoisotopic (exact) mass is 347 g/mol. The number of H-pyrrole nitrogens is 1. The van der Waals surface area contributed by atoms with Crippen molar-refractivity contribution in [2.45, 2.75) is 25.9 Å². The Labute approximate surface area is 142 Å². The van der Waals surface area contributed by atoms with Gasteiger partial charge in [-0.2, -0.15) is 13.2 Å². The normalized spacial score (nSPS) is 11.7. The highest BCUT2D eigenvalue weighted by molar-refractivity contribution is 5.91. The molecule has 0 aliphatic carbocycles. The number of aromatic nitrogens is 2. The van der Waals surface area contributed by atoms with Gasteiger partial charge in [-0.3, -0.25) is 4.79 Å². The molecule has 0 atom stereocenters. The second-order valence-corrected chi connectivity index (χ2v) is 5.83. The number of anilines is 1. The van der Waals surface area contributed by atoms with Gasteiger partial charge in [-0.1, -0.05) is 12.1 Å². The van der Waals surface area contributed by atoms with E-state index in [1.807, 2.05) is 25.1 Å². The van der Waals surface area contributed by atoms with Crippen LogP contribution in [0.3, 0.4) is 0 Å². The third-order valence-corrected chi connectivity index (χ3v) is 3.75. The quantitative estimate of drug-likeness (QED) is 0.732. The first kappa shape index (κ1) is 17.0. The van der Waals surface area contributed by atoms with Gasteiger partial charge in [-0.15, -0.1) is 0 Å². The van der Waals surface area contributed by atoms with Gasteiger partial charge in [0.1, 0.15) is 5.82 Å². The summed E-state index contributed by atoms with van der Waals surface area (Å²) < 4.78 is 38.0. The Kier molecular flexibility index (Phi) is 4.48. The summed E-state index contributed by atoms with van der Waals surface area (Å²) in [6, 6.07) is 10.4. The van der Waals surface area contributed by atoms with Crippen LogP contribution in [0.25, 0.3) is 11.0 Å². The van der Waals surface area contributed by atoms with Gasteiger partial charge < -0.3 is 10.3 Å². The molecule has 1 heterocycles. The Bertz CT molecular complexity index is 915. The molecule has 4 nitrogen and oxygen atoms in total. The molecule has 0 spiro atoms. The van der Waals surface area contributed by atoms with E-state index < -0.39 is 11.7 Å². The molecular formula is C18H16F3N3O. The van der Waals surface area contributed by atoms with E-state index in [2.05, 4.69) is 15.3 Å². The standard InChI is InChI=1S/C18H16F3N3O/c1-11-5-6-14-15(9-11)24-16(23-14)7-8-17(25)22-13-4-2-3-12(10-13)18(19,20)21/h2-6,9-10H,7-8H2,1H3,(H,22,25)(H,23,24). The van der Waals surface area contributed by atoms with E-state index in [1.54, 1.807) is 0 Å². The number of nitrogens with one attached hydrogen (secondary N) is 2. The van der Waals surface area contributed by atoms with Gasteiger partial charge in [-0.05, 0) is 42.8 Å². The van der Waals surface area contributed by atoms with Crippen molar-refractivity contribution in [3.63, 3.8) is 0 Å². The molecule has 2 N–H and O–H groups in total. The van der Waals surface area contributed by atoms with Gasteiger partial charge in [0.15, 0.2) is 0 Å². The van der Waals surface area contributed by atoms with E-state index in [-0.39, 0.29) is 18.0 Å². The Balaban J connectivity index is 1.62. The fourth-order valence-corrected chi connectivity index (χ4v) is 2.52. The second-order valence-electron chi connectivity index (χ2n) is 5.83. The van der Waals surface area contributed by atoms with Crippen LogP contribution in [-0.2, 0) is 17.4 Å². The molecule has 130 valence electrons. The number of halogens is 3. The van der Waals surface area contributed by atoms with Crippen LogP contribution in [0.2, 0.25) is 0 Å². The number of aromatic amines is 1. The van der Waals surface area contributed by atoms with Crippen molar-refractivity contribution in [3.8, 4) is 0 Å². The maximum atomic E-state index is 12.7. The zero-order valence-electron chi connectivity index (χ0n) is 13.4. The lowest BCUT2D eigenvalue weighted by atomic mass is 10.2. The van der Waals surface area contributed by atoms with Crippen molar-refractivity contribution in [1.82, 2.24) is 9.97 Å². The maximum absolute atomic E-state index is 12.7. The van der Waals surface area contributed by atoms with E-state index in [1.165, 1.54) is 12.1 Å². The van der Waals surface area contributed by atoms with Gasteiger partial charge >= 0.3 is 6.18 Å². The third kappa shape index (κ3) is 4.17. The molecule has 25 heavy (non-hydrogen) atoms. The fourth-order valence-electron chi connectivity index (χ4n) is 2.52. The van der Waals surface area contributed by atoms with Crippen molar-refractivity contribution in [2.24, 2.45) is 0 Å². The summed E-state index contributed by atoms with van der Waals surface area (Å²) in [5.41, 5.74) is 2.15. The van der Waals surface area contributed by atoms with E-state index in [4.69, 9.17) is 0 Å². The summed E-state index contributed by atoms with van der Waals surface area (Å²) in [4.78, 5) is 19.5. The van der Waals surface area contributed by atoms with E-state index in [0.717, 1.165) is 28.7 Å². The highest BCUT2D eigenvalue weighted by Crippen LogP contribution is 2.30. The molecule has 0 bridgehead atoms. The number of benzene rings is 2. The number of nitrogens with zero attached hydrogens (tertiary/aromatic N) is 1. The van der Waals surface area contributed by atoms with Crippen LogP contribution < -0.4 is 5.32 Å². The van der Waals surface area contributed by atoms with Crippen LogP contribution in [0.4, 0.5) is 18.9 Å². The van der Waals surface area contributed by atoms with Gasteiger partial charge in [0.05, 0.1) is 16.6 Å². The molecule has 0 saturated carbocycles. The van der Waals surface area contributed by atoms with E-state index >= 15 is 0 Å². The third-order valence-electron chi connectivity index (χ3n) is 3.75. The number of rotatable bonds is 4. The molecule has 0 aliphatic rings. The number of fused-ring (bicyclic) bond motifs is 1. The van der Waals surface area contributed by atoms with Crippen LogP contribution in [0.15, 0.2) is 42.5 Å². The molecule has 7 heteroatoms. The summed E-state index contributed by atoms with van der Waals surface area (Å²) >= 11 is 0. The summed E-state index contributed by atoms with van der Waals surface area (Å²) in [7, 11) is 0.